The molecule has 0 bridgehead atoms. The van der Waals surface area contributed by atoms with E-state index >= 15 is 0 Å². The largest absolute Gasteiger partial charge is 0.361 e. The molecule has 5 heteroatoms. The Bertz CT molecular complexity index is 993. The lowest BCUT2D eigenvalue weighted by molar-refractivity contribution is 0.393. The molecule has 0 atom stereocenters. The Morgan fingerprint density at radius 2 is 1.70 bits per heavy atom. The molecule has 4 rings (SSSR count). The van der Waals surface area contributed by atoms with E-state index in [-0.39, 0.29) is 0 Å². The molecule has 0 spiro atoms. The summed E-state index contributed by atoms with van der Waals surface area (Å²) in [5.41, 5.74) is 5.64. The van der Waals surface area contributed by atoms with Crippen LogP contribution < -0.4 is 0 Å². The van der Waals surface area contributed by atoms with Gasteiger partial charge in [0.1, 0.15) is 11.3 Å². The molecule has 0 unspecified atom stereocenters. The third-order valence-electron chi connectivity index (χ3n) is 3.95. The first-order valence-electron chi connectivity index (χ1n) is 9.24. The average molecular weight is 362 g/mol. The van der Waals surface area contributed by atoms with Gasteiger partial charge >= 0.3 is 0 Å². The van der Waals surface area contributed by atoms with E-state index in [0.717, 1.165) is 46.3 Å². The van der Waals surface area contributed by atoms with Crippen molar-refractivity contribution in [2.45, 2.75) is 41.2 Å². The Morgan fingerprint density at radius 3 is 2.33 bits per heavy atom. The lowest BCUT2D eigenvalue weighted by Crippen LogP contribution is -1.99. The minimum Gasteiger partial charge on any atom is -0.361 e. The minimum atomic E-state index is 0.745. The van der Waals surface area contributed by atoms with E-state index in [2.05, 4.69) is 47.6 Å². The van der Waals surface area contributed by atoms with Gasteiger partial charge in [-0.25, -0.2) is 9.97 Å². The second-order valence-electron chi connectivity index (χ2n) is 7.33. The Morgan fingerprint density at radius 1 is 1.00 bits per heavy atom. The van der Waals surface area contributed by atoms with E-state index in [1.54, 1.807) is 0 Å². The summed E-state index contributed by atoms with van der Waals surface area (Å²) in [5, 5.41) is 4.01. The van der Waals surface area contributed by atoms with Crippen molar-refractivity contribution in [3.63, 3.8) is 0 Å². The molecule has 1 aromatic carbocycles. The van der Waals surface area contributed by atoms with Crippen LogP contribution in [0, 0.1) is 19.8 Å². The predicted molar refractivity (Wildman–Crippen MR) is 109 cm³/mol. The first-order valence-corrected chi connectivity index (χ1v) is 9.24. The zero-order chi connectivity index (χ0) is 19.4. The number of nitrogens with zero attached hydrogens (tertiary/aromatic N) is 4. The highest BCUT2D eigenvalue weighted by Gasteiger charge is 2.14. The fourth-order valence-electron chi connectivity index (χ4n) is 2.82. The molecule has 0 aliphatic carbocycles. The van der Waals surface area contributed by atoms with Gasteiger partial charge in [-0.05, 0) is 37.5 Å². The van der Waals surface area contributed by atoms with Crippen molar-refractivity contribution in [3.05, 3.63) is 65.8 Å². The van der Waals surface area contributed by atoms with Crippen LogP contribution in [0.1, 0.15) is 37.8 Å². The van der Waals surface area contributed by atoms with Gasteiger partial charge in [0.05, 0.1) is 29.8 Å². The molecule has 5 nitrogen and oxygen atoms in total. The maximum Gasteiger partial charge on any atom is 0.160 e. The summed E-state index contributed by atoms with van der Waals surface area (Å²) in [6.07, 6.45) is 1.84. The maximum absolute atomic E-state index is 5.26. The molecule has 4 aromatic rings. The first-order chi connectivity index (χ1) is 13.0. The average Bonchev–Trinajstić information content (AvgIpc) is 3.18. The predicted octanol–water partition coefficient (Wildman–Crippen LogP) is 5.41. The monoisotopic (exact) mass is 362 g/mol. The summed E-state index contributed by atoms with van der Waals surface area (Å²) in [7, 11) is 0. The fourth-order valence-corrected chi connectivity index (χ4v) is 2.82. The molecular weight excluding hydrogens is 336 g/mol. The number of hydrogen-bond donors (Lipinski definition) is 0. The van der Waals surface area contributed by atoms with Crippen molar-refractivity contribution in [3.8, 4) is 11.3 Å². The highest BCUT2D eigenvalue weighted by molar-refractivity contribution is 5.76. The topological polar surface area (TPSA) is 56.7 Å². The number of fused-ring (bicyclic) bond motifs is 1. The molecule has 0 fully saturated rings. The van der Waals surface area contributed by atoms with Crippen LogP contribution in [0.2, 0.25) is 0 Å². The summed E-state index contributed by atoms with van der Waals surface area (Å²) in [6, 6.07) is 14.3. The molecule has 0 saturated carbocycles. The number of hydrogen-bond acceptors (Lipinski definition) is 4. The van der Waals surface area contributed by atoms with E-state index in [1.807, 2.05) is 50.5 Å². The van der Waals surface area contributed by atoms with Gasteiger partial charge in [0.15, 0.2) is 5.65 Å². The van der Waals surface area contributed by atoms with Crippen LogP contribution in [0.4, 0.5) is 0 Å². The highest BCUT2D eigenvalue weighted by atomic mass is 16.5. The van der Waals surface area contributed by atoms with Crippen LogP contribution in [0.3, 0.4) is 0 Å². The van der Waals surface area contributed by atoms with Crippen LogP contribution >= 0.6 is 0 Å². The fraction of sp³-hybridized carbons (Fsp3) is 0.318. The number of imidazole rings is 1. The summed E-state index contributed by atoms with van der Waals surface area (Å²) < 4.78 is 7.32. The molecule has 0 saturated heterocycles. The van der Waals surface area contributed by atoms with Crippen LogP contribution in [0.25, 0.3) is 22.4 Å². The van der Waals surface area contributed by atoms with Crippen molar-refractivity contribution in [1.29, 1.82) is 0 Å². The molecule has 3 heterocycles. The van der Waals surface area contributed by atoms with Crippen molar-refractivity contribution in [2.24, 2.45) is 5.92 Å². The van der Waals surface area contributed by atoms with Gasteiger partial charge in [0.25, 0.3) is 0 Å². The van der Waals surface area contributed by atoms with Gasteiger partial charge in [-0.15, -0.1) is 0 Å². The van der Waals surface area contributed by atoms with Gasteiger partial charge in [-0.2, -0.15) is 0 Å². The van der Waals surface area contributed by atoms with Gasteiger partial charge in [-0.3, -0.25) is 0 Å². The molecule has 3 aromatic heterocycles. The standard InChI is InChI=1S/C18H16N4O.C4H10/c1-12-17(13(2)23-21-12)15-8-9-16-18(20-15)22(11-19-16)10-14-6-4-3-5-7-14;1-4(2)3/h3-9,11H,10H2,1-2H3;4H,1-3H3. The molecule has 0 aliphatic heterocycles. The summed E-state index contributed by atoms with van der Waals surface area (Å²) >= 11 is 0. The zero-order valence-electron chi connectivity index (χ0n) is 16.6. The van der Waals surface area contributed by atoms with Crippen LogP contribution in [0.15, 0.2) is 53.3 Å². The van der Waals surface area contributed by atoms with Gasteiger partial charge in [-0.1, -0.05) is 56.3 Å². The summed E-state index contributed by atoms with van der Waals surface area (Å²) in [4.78, 5) is 9.24. The van der Waals surface area contributed by atoms with Crippen molar-refractivity contribution in [1.82, 2.24) is 19.7 Å². The number of benzene rings is 1. The Labute approximate surface area is 160 Å². The molecule has 0 N–H and O–H groups in total. The SMILES string of the molecule is CC(C)C.Cc1noc(C)c1-c1ccc2ncn(Cc3ccccc3)c2n1. The molecule has 27 heavy (non-hydrogen) atoms. The van der Waals surface area contributed by atoms with E-state index in [1.165, 1.54) is 5.56 Å². The number of rotatable bonds is 3. The Balaban J connectivity index is 0.000000481. The molecule has 0 aliphatic rings. The molecular formula is C22H26N4O. The van der Waals surface area contributed by atoms with Crippen LogP contribution in [-0.4, -0.2) is 19.7 Å². The third-order valence-corrected chi connectivity index (χ3v) is 3.95. The second-order valence-corrected chi connectivity index (χ2v) is 7.33. The van der Waals surface area contributed by atoms with E-state index in [4.69, 9.17) is 9.51 Å². The second kappa shape index (κ2) is 8.16. The van der Waals surface area contributed by atoms with Crippen LogP contribution in [-0.2, 0) is 6.54 Å². The molecule has 0 radical (unpaired) electrons. The smallest absolute Gasteiger partial charge is 0.160 e. The lowest BCUT2D eigenvalue weighted by Gasteiger charge is -2.05. The van der Waals surface area contributed by atoms with Gasteiger partial charge in [0, 0.05) is 0 Å². The highest BCUT2D eigenvalue weighted by Crippen LogP contribution is 2.26. The maximum atomic E-state index is 5.26. The lowest BCUT2D eigenvalue weighted by atomic mass is 10.1. The number of pyridine rings is 1. The first kappa shape index (κ1) is 18.8. The van der Waals surface area contributed by atoms with E-state index < -0.39 is 0 Å². The normalized spacial score (nSPS) is 10.9. The number of aromatic nitrogens is 4. The van der Waals surface area contributed by atoms with E-state index in [0.29, 0.717) is 0 Å². The Hall–Kier alpha value is -2.95. The van der Waals surface area contributed by atoms with Crippen molar-refractivity contribution >= 4 is 11.2 Å². The van der Waals surface area contributed by atoms with Crippen LogP contribution in [0.5, 0.6) is 0 Å². The quantitative estimate of drug-likeness (QED) is 0.489. The van der Waals surface area contributed by atoms with Crippen molar-refractivity contribution < 1.29 is 4.52 Å². The summed E-state index contributed by atoms with van der Waals surface area (Å²) in [6.45, 7) is 11.1. The minimum absolute atomic E-state index is 0.745. The summed E-state index contributed by atoms with van der Waals surface area (Å²) in [5.74, 6) is 1.61. The van der Waals surface area contributed by atoms with Crippen molar-refractivity contribution in [2.75, 3.05) is 0 Å². The molecule has 140 valence electrons. The third kappa shape index (κ3) is 4.42. The molecule has 0 amide bonds. The van der Waals surface area contributed by atoms with Gasteiger partial charge in [0.2, 0.25) is 0 Å². The van der Waals surface area contributed by atoms with E-state index in [9.17, 15) is 0 Å². The van der Waals surface area contributed by atoms with Gasteiger partial charge < -0.3 is 9.09 Å². The number of aryl methyl sites for hydroxylation is 2. The Kier molecular flexibility index (Phi) is 5.69. The zero-order valence-corrected chi connectivity index (χ0v) is 16.6.